The van der Waals surface area contributed by atoms with Crippen molar-refractivity contribution in [1.82, 2.24) is 14.4 Å². The van der Waals surface area contributed by atoms with Gasteiger partial charge in [-0.25, -0.2) is 0 Å². The van der Waals surface area contributed by atoms with Gasteiger partial charge in [0, 0.05) is 32.4 Å². The van der Waals surface area contributed by atoms with Crippen LogP contribution in [0.2, 0.25) is 5.02 Å². The lowest BCUT2D eigenvalue weighted by Crippen LogP contribution is -2.55. The third kappa shape index (κ3) is 4.92. The topological polar surface area (TPSA) is 81.1 Å². The molecule has 2 aromatic rings. The van der Waals surface area contributed by atoms with Crippen molar-refractivity contribution >= 4 is 23.4 Å². The minimum Gasteiger partial charge on any atom is -0.485 e. The highest BCUT2D eigenvalue weighted by molar-refractivity contribution is 6.30. The summed E-state index contributed by atoms with van der Waals surface area (Å²) < 4.78 is 50.9. The second-order valence-electron chi connectivity index (χ2n) is 7.58. The van der Waals surface area contributed by atoms with E-state index in [4.69, 9.17) is 21.1 Å². The SMILES string of the molecule is O=C(Cn1cc(C(F)(F)F)cc(Cl)c1=O)N1CCN(C(=O)[C@H]2COc3ccccc3O2)CC1. The number of pyridine rings is 1. The Kier molecular flexibility index (Phi) is 6.24. The number of nitrogens with zero attached hydrogens (tertiary/aromatic N) is 3. The number of piperazine rings is 1. The molecule has 0 unspecified atom stereocenters. The summed E-state index contributed by atoms with van der Waals surface area (Å²) in [6, 6.07) is 7.53. The first-order valence-electron chi connectivity index (χ1n) is 10.1. The van der Waals surface area contributed by atoms with Gasteiger partial charge in [-0.1, -0.05) is 23.7 Å². The van der Waals surface area contributed by atoms with E-state index < -0.39 is 40.9 Å². The van der Waals surface area contributed by atoms with Gasteiger partial charge >= 0.3 is 6.18 Å². The zero-order valence-corrected chi connectivity index (χ0v) is 17.9. The lowest BCUT2D eigenvalue weighted by molar-refractivity contribution is -0.146. The van der Waals surface area contributed by atoms with Crippen molar-refractivity contribution in [2.75, 3.05) is 32.8 Å². The molecule has 33 heavy (non-hydrogen) atoms. The van der Waals surface area contributed by atoms with Crippen LogP contribution in [0.1, 0.15) is 5.56 Å². The average Bonchev–Trinajstić information content (AvgIpc) is 2.80. The second-order valence-corrected chi connectivity index (χ2v) is 7.99. The highest BCUT2D eigenvalue weighted by atomic mass is 35.5. The first kappa shape index (κ1) is 23.0. The third-order valence-corrected chi connectivity index (χ3v) is 5.67. The van der Waals surface area contributed by atoms with Crippen LogP contribution in [-0.2, 0) is 22.3 Å². The van der Waals surface area contributed by atoms with Crippen LogP contribution in [0.15, 0.2) is 41.3 Å². The van der Waals surface area contributed by atoms with Crippen molar-refractivity contribution in [3.05, 3.63) is 57.5 Å². The fourth-order valence-electron chi connectivity index (χ4n) is 3.64. The van der Waals surface area contributed by atoms with E-state index in [0.29, 0.717) is 28.3 Å². The molecule has 0 spiro atoms. The molecule has 8 nitrogen and oxygen atoms in total. The predicted octanol–water partition coefficient (Wildman–Crippen LogP) is 2.03. The van der Waals surface area contributed by atoms with E-state index in [-0.39, 0.29) is 38.7 Å². The van der Waals surface area contributed by atoms with Gasteiger partial charge in [0.2, 0.25) is 12.0 Å². The van der Waals surface area contributed by atoms with Crippen LogP contribution in [0.3, 0.4) is 0 Å². The van der Waals surface area contributed by atoms with Crippen LogP contribution in [-0.4, -0.2) is 65.1 Å². The highest BCUT2D eigenvalue weighted by Crippen LogP contribution is 2.31. The number of para-hydroxylation sites is 2. The first-order valence-corrected chi connectivity index (χ1v) is 10.4. The molecular formula is C21H19ClF3N3O5. The predicted molar refractivity (Wildman–Crippen MR) is 110 cm³/mol. The van der Waals surface area contributed by atoms with E-state index in [0.717, 1.165) is 0 Å². The normalized spacial score (nSPS) is 18.2. The molecule has 3 heterocycles. The number of amides is 2. The van der Waals surface area contributed by atoms with E-state index in [1.165, 1.54) is 4.90 Å². The van der Waals surface area contributed by atoms with Crippen molar-refractivity contribution in [3.8, 4) is 11.5 Å². The van der Waals surface area contributed by atoms with Crippen molar-refractivity contribution in [2.45, 2.75) is 18.8 Å². The molecule has 1 aromatic heterocycles. The summed E-state index contributed by atoms with van der Waals surface area (Å²) in [6.45, 7) is 0.224. The van der Waals surface area contributed by atoms with Crippen LogP contribution in [0.25, 0.3) is 0 Å². The standard InChI is InChI=1S/C21H19ClF3N3O5/c22-14-9-13(21(23,24)25)10-28(19(14)30)11-18(29)26-5-7-27(8-6-26)20(31)17-12-32-15-3-1-2-4-16(15)33-17/h1-4,9-10,17H,5-8,11-12H2/t17-/m1/s1. The van der Waals surface area contributed by atoms with Crippen LogP contribution >= 0.6 is 11.6 Å². The van der Waals surface area contributed by atoms with Crippen LogP contribution < -0.4 is 15.0 Å². The molecule has 1 aromatic carbocycles. The Labute approximate surface area is 191 Å². The summed E-state index contributed by atoms with van der Waals surface area (Å²) in [7, 11) is 0. The number of ether oxygens (including phenoxy) is 2. The van der Waals surface area contributed by atoms with Crippen molar-refractivity contribution < 1.29 is 32.2 Å². The smallest absolute Gasteiger partial charge is 0.417 e. The minimum absolute atomic E-state index is 0.0637. The van der Waals surface area contributed by atoms with Crippen molar-refractivity contribution in [1.29, 1.82) is 0 Å². The van der Waals surface area contributed by atoms with Crippen molar-refractivity contribution in [3.63, 3.8) is 0 Å². The Morgan fingerprint density at radius 2 is 1.70 bits per heavy atom. The van der Waals surface area contributed by atoms with Gasteiger partial charge in [0.15, 0.2) is 11.5 Å². The van der Waals surface area contributed by atoms with E-state index in [1.54, 1.807) is 29.2 Å². The van der Waals surface area contributed by atoms with Crippen molar-refractivity contribution in [2.24, 2.45) is 0 Å². The molecular weight excluding hydrogens is 467 g/mol. The van der Waals surface area contributed by atoms with Gasteiger partial charge in [-0.3, -0.25) is 14.4 Å². The molecule has 1 saturated heterocycles. The monoisotopic (exact) mass is 485 g/mol. The van der Waals surface area contributed by atoms with E-state index in [1.807, 2.05) is 0 Å². The molecule has 1 atom stereocenters. The Morgan fingerprint density at radius 1 is 1.06 bits per heavy atom. The van der Waals surface area contributed by atoms with Gasteiger partial charge in [-0.15, -0.1) is 0 Å². The van der Waals surface area contributed by atoms with E-state index in [9.17, 15) is 27.6 Å². The number of benzene rings is 1. The number of halogens is 4. The Morgan fingerprint density at radius 3 is 2.36 bits per heavy atom. The first-order chi connectivity index (χ1) is 15.6. The van der Waals surface area contributed by atoms with E-state index in [2.05, 4.69) is 0 Å². The maximum atomic E-state index is 13.0. The minimum atomic E-state index is -4.71. The average molecular weight is 486 g/mol. The number of hydrogen-bond donors (Lipinski definition) is 0. The second kappa shape index (κ2) is 8.97. The molecule has 2 aliphatic rings. The summed E-state index contributed by atoms with van der Waals surface area (Å²) >= 11 is 5.63. The molecule has 176 valence electrons. The van der Waals surface area contributed by atoms with Gasteiger partial charge in [0.05, 0.1) is 5.56 Å². The summed E-state index contributed by atoms with van der Waals surface area (Å²) in [5, 5.41) is -0.621. The van der Waals surface area contributed by atoms with Crippen LogP contribution in [0.4, 0.5) is 13.2 Å². The molecule has 12 heteroatoms. The lowest BCUT2D eigenvalue weighted by atomic mass is 10.2. The molecule has 0 radical (unpaired) electrons. The third-order valence-electron chi connectivity index (χ3n) is 5.40. The van der Waals surface area contributed by atoms with Gasteiger partial charge in [-0.2, -0.15) is 13.2 Å². The molecule has 0 N–H and O–H groups in total. The number of fused-ring (bicyclic) bond motifs is 1. The summed E-state index contributed by atoms with van der Waals surface area (Å²) in [4.78, 5) is 40.4. The molecule has 0 aliphatic carbocycles. The zero-order chi connectivity index (χ0) is 23.8. The fourth-order valence-corrected chi connectivity index (χ4v) is 3.86. The molecule has 0 saturated carbocycles. The largest absolute Gasteiger partial charge is 0.485 e. The summed E-state index contributed by atoms with van der Waals surface area (Å²) in [6.07, 6.45) is -4.95. The molecule has 1 fully saturated rings. The van der Waals surface area contributed by atoms with Crippen LogP contribution in [0, 0.1) is 0 Å². The number of carbonyl (C=O) groups is 2. The molecule has 4 rings (SSSR count). The summed E-state index contributed by atoms with van der Waals surface area (Å²) in [5.74, 6) is 0.200. The number of alkyl halides is 3. The lowest BCUT2D eigenvalue weighted by Gasteiger charge is -2.37. The maximum absolute atomic E-state index is 13.0. The van der Waals surface area contributed by atoms with Gasteiger partial charge < -0.3 is 23.8 Å². The van der Waals surface area contributed by atoms with Gasteiger partial charge in [0.1, 0.15) is 18.2 Å². The number of hydrogen-bond acceptors (Lipinski definition) is 5. The van der Waals surface area contributed by atoms with Gasteiger partial charge in [0.25, 0.3) is 11.5 Å². The zero-order valence-electron chi connectivity index (χ0n) is 17.2. The molecule has 0 bridgehead atoms. The summed E-state index contributed by atoms with van der Waals surface area (Å²) in [5.41, 5.74) is -2.01. The Hall–Kier alpha value is -3.21. The molecule has 2 aliphatic heterocycles. The maximum Gasteiger partial charge on any atom is 0.417 e. The Balaban J connectivity index is 1.36. The highest BCUT2D eigenvalue weighted by Gasteiger charge is 2.34. The quantitative estimate of drug-likeness (QED) is 0.664. The number of rotatable bonds is 3. The number of carbonyl (C=O) groups excluding carboxylic acids is 2. The Bertz CT molecular complexity index is 1130. The fraction of sp³-hybridized carbons (Fsp3) is 0.381. The van der Waals surface area contributed by atoms with Crippen LogP contribution in [0.5, 0.6) is 11.5 Å². The molecule has 2 amide bonds. The number of aromatic nitrogens is 1. The van der Waals surface area contributed by atoms with Gasteiger partial charge in [-0.05, 0) is 18.2 Å². The van der Waals surface area contributed by atoms with E-state index >= 15 is 0 Å².